The van der Waals surface area contributed by atoms with Crippen LogP contribution >= 0.6 is 0 Å². The molecule has 2 fully saturated rings. The van der Waals surface area contributed by atoms with Gasteiger partial charge in [-0.05, 0) is 40.0 Å². The summed E-state index contributed by atoms with van der Waals surface area (Å²) < 4.78 is 0. The van der Waals surface area contributed by atoms with Crippen LogP contribution in [0.25, 0.3) is 0 Å². The van der Waals surface area contributed by atoms with Gasteiger partial charge in [0.25, 0.3) is 0 Å². The Morgan fingerprint density at radius 1 is 1.32 bits per heavy atom. The third-order valence-electron chi connectivity index (χ3n) is 4.73. The van der Waals surface area contributed by atoms with E-state index in [0.717, 1.165) is 38.5 Å². The maximum Gasteiger partial charge on any atom is 0.249 e. The second-order valence-electron chi connectivity index (χ2n) is 6.69. The van der Waals surface area contributed by atoms with E-state index in [-0.39, 0.29) is 23.4 Å². The molecule has 2 amide bonds. The van der Waals surface area contributed by atoms with Crippen molar-refractivity contribution >= 4 is 11.8 Å². The van der Waals surface area contributed by atoms with Crippen molar-refractivity contribution in [3.8, 4) is 0 Å². The first kappa shape index (κ1) is 14.4. The van der Waals surface area contributed by atoms with E-state index in [1.165, 1.54) is 0 Å². The molecule has 4 heteroatoms. The lowest BCUT2D eigenvalue weighted by molar-refractivity contribution is -0.161. The van der Waals surface area contributed by atoms with Crippen molar-refractivity contribution in [3.05, 3.63) is 0 Å². The van der Waals surface area contributed by atoms with Gasteiger partial charge in [0.1, 0.15) is 11.6 Å². The average molecular weight is 266 g/mol. The molecule has 0 radical (unpaired) electrons. The third kappa shape index (κ3) is 2.26. The van der Waals surface area contributed by atoms with Crippen LogP contribution in [0.3, 0.4) is 0 Å². The zero-order valence-electron chi connectivity index (χ0n) is 12.6. The fraction of sp³-hybridized carbons (Fsp3) is 0.867. The van der Waals surface area contributed by atoms with Crippen molar-refractivity contribution in [1.82, 2.24) is 10.2 Å². The molecule has 4 nitrogen and oxygen atoms in total. The number of nitrogens with one attached hydrogen (secondary N) is 1. The van der Waals surface area contributed by atoms with Gasteiger partial charge in [-0.2, -0.15) is 0 Å². The molecule has 19 heavy (non-hydrogen) atoms. The highest BCUT2D eigenvalue weighted by Gasteiger charge is 2.53. The first-order chi connectivity index (χ1) is 8.84. The Morgan fingerprint density at radius 3 is 2.42 bits per heavy atom. The monoisotopic (exact) mass is 266 g/mol. The Kier molecular flexibility index (Phi) is 3.63. The molecular formula is C15H26N2O2. The van der Waals surface area contributed by atoms with Crippen molar-refractivity contribution in [3.63, 3.8) is 0 Å². The van der Waals surface area contributed by atoms with Crippen LogP contribution in [0.15, 0.2) is 0 Å². The van der Waals surface area contributed by atoms with E-state index >= 15 is 0 Å². The number of rotatable bonds is 3. The van der Waals surface area contributed by atoms with E-state index < -0.39 is 5.54 Å². The van der Waals surface area contributed by atoms with Crippen LogP contribution in [0.2, 0.25) is 0 Å². The zero-order chi connectivity index (χ0) is 14.3. The second kappa shape index (κ2) is 4.80. The maximum atomic E-state index is 12.9. The summed E-state index contributed by atoms with van der Waals surface area (Å²) in [5.74, 6) is 0.140. The number of carbonyl (C=O) groups is 2. The smallest absolute Gasteiger partial charge is 0.249 e. The summed E-state index contributed by atoms with van der Waals surface area (Å²) in [6, 6.07) is -0.361. The van der Waals surface area contributed by atoms with Gasteiger partial charge in [0.05, 0.1) is 0 Å². The van der Waals surface area contributed by atoms with Gasteiger partial charge in [0.15, 0.2) is 0 Å². The Hall–Kier alpha value is -1.06. The molecule has 1 saturated heterocycles. The number of amides is 2. The lowest BCUT2D eigenvalue weighted by atomic mass is 9.85. The number of piperazine rings is 1. The first-order valence-corrected chi connectivity index (χ1v) is 7.50. The van der Waals surface area contributed by atoms with Crippen molar-refractivity contribution in [2.24, 2.45) is 0 Å². The van der Waals surface area contributed by atoms with Gasteiger partial charge in [0.2, 0.25) is 11.8 Å². The summed E-state index contributed by atoms with van der Waals surface area (Å²) >= 11 is 0. The zero-order valence-corrected chi connectivity index (χ0v) is 12.6. The van der Waals surface area contributed by atoms with Crippen molar-refractivity contribution in [2.45, 2.75) is 83.3 Å². The maximum absolute atomic E-state index is 12.9. The molecular weight excluding hydrogens is 240 g/mol. The molecule has 1 spiro atoms. The summed E-state index contributed by atoms with van der Waals surface area (Å²) in [6.07, 6.45) is 5.58. The summed E-state index contributed by atoms with van der Waals surface area (Å²) in [4.78, 5) is 27.0. The first-order valence-electron chi connectivity index (χ1n) is 7.50. The SMILES string of the molecule is CCCC(C)(C)N1C(=O)C2(CCCC2)NC(=O)C1C. The topological polar surface area (TPSA) is 49.4 Å². The normalized spacial score (nSPS) is 26.9. The van der Waals surface area contributed by atoms with Gasteiger partial charge >= 0.3 is 0 Å². The van der Waals surface area contributed by atoms with E-state index in [0.29, 0.717) is 0 Å². The van der Waals surface area contributed by atoms with E-state index in [4.69, 9.17) is 0 Å². The van der Waals surface area contributed by atoms with Gasteiger partial charge in [-0.25, -0.2) is 0 Å². The van der Waals surface area contributed by atoms with Crippen LogP contribution in [-0.2, 0) is 9.59 Å². The quantitative estimate of drug-likeness (QED) is 0.851. The molecule has 2 aliphatic rings. The van der Waals surface area contributed by atoms with Crippen LogP contribution in [0.5, 0.6) is 0 Å². The highest BCUT2D eigenvalue weighted by Crippen LogP contribution is 2.38. The predicted molar refractivity (Wildman–Crippen MR) is 74.6 cm³/mol. The van der Waals surface area contributed by atoms with Gasteiger partial charge in [-0.3, -0.25) is 9.59 Å². The largest absolute Gasteiger partial charge is 0.340 e. The van der Waals surface area contributed by atoms with Crippen LogP contribution in [0.1, 0.15) is 66.2 Å². The third-order valence-corrected chi connectivity index (χ3v) is 4.73. The molecule has 1 aliphatic heterocycles. The van der Waals surface area contributed by atoms with Crippen molar-refractivity contribution in [2.75, 3.05) is 0 Å². The van der Waals surface area contributed by atoms with Crippen LogP contribution in [0, 0.1) is 0 Å². The average Bonchev–Trinajstić information content (AvgIpc) is 2.76. The minimum absolute atomic E-state index is 0.00526. The Balaban J connectivity index is 2.34. The predicted octanol–water partition coefficient (Wildman–Crippen LogP) is 2.22. The molecule has 1 aliphatic carbocycles. The molecule has 1 saturated carbocycles. The highest BCUT2D eigenvalue weighted by atomic mass is 16.2. The van der Waals surface area contributed by atoms with Crippen LogP contribution < -0.4 is 5.32 Å². The molecule has 108 valence electrons. The number of hydrogen-bond donors (Lipinski definition) is 1. The van der Waals surface area contributed by atoms with Gasteiger partial charge in [0, 0.05) is 5.54 Å². The van der Waals surface area contributed by atoms with E-state index in [9.17, 15) is 9.59 Å². The van der Waals surface area contributed by atoms with Gasteiger partial charge in [-0.15, -0.1) is 0 Å². The molecule has 1 heterocycles. The number of nitrogens with zero attached hydrogens (tertiary/aromatic N) is 1. The second-order valence-corrected chi connectivity index (χ2v) is 6.69. The molecule has 1 atom stereocenters. The summed E-state index contributed by atoms with van der Waals surface area (Å²) in [5, 5.41) is 3.01. The van der Waals surface area contributed by atoms with Crippen LogP contribution in [-0.4, -0.2) is 33.8 Å². The molecule has 2 rings (SSSR count). The Bertz CT molecular complexity index is 384. The van der Waals surface area contributed by atoms with Crippen molar-refractivity contribution in [1.29, 1.82) is 0 Å². The molecule has 0 aromatic rings. The van der Waals surface area contributed by atoms with Gasteiger partial charge < -0.3 is 10.2 Å². The number of carbonyl (C=O) groups excluding carboxylic acids is 2. The summed E-state index contributed by atoms with van der Waals surface area (Å²) in [5.41, 5.74) is -0.854. The van der Waals surface area contributed by atoms with E-state index in [1.807, 2.05) is 11.8 Å². The summed E-state index contributed by atoms with van der Waals surface area (Å²) in [7, 11) is 0. The number of hydrogen-bond acceptors (Lipinski definition) is 2. The lowest BCUT2D eigenvalue weighted by Crippen LogP contribution is -2.72. The highest BCUT2D eigenvalue weighted by molar-refractivity contribution is 6.00. The Morgan fingerprint density at radius 2 is 1.89 bits per heavy atom. The Labute approximate surface area is 115 Å². The van der Waals surface area contributed by atoms with Crippen molar-refractivity contribution < 1.29 is 9.59 Å². The van der Waals surface area contributed by atoms with E-state index in [1.54, 1.807) is 0 Å². The fourth-order valence-electron chi connectivity index (χ4n) is 3.77. The van der Waals surface area contributed by atoms with Crippen LogP contribution in [0.4, 0.5) is 0 Å². The summed E-state index contributed by atoms with van der Waals surface area (Å²) in [6.45, 7) is 8.11. The molecule has 0 aromatic carbocycles. The molecule has 0 bridgehead atoms. The fourth-order valence-corrected chi connectivity index (χ4v) is 3.77. The molecule has 0 aromatic heterocycles. The molecule has 1 N–H and O–H groups in total. The minimum atomic E-state index is -0.603. The van der Waals surface area contributed by atoms with E-state index in [2.05, 4.69) is 26.1 Å². The van der Waals surface area contributed by atoms with Gasteiger partial charge in [-0.1, -0.05) is 26.2 Å². The standard InChI is InChI=1S/C15H26N2O2/c1-5-8-14(3,4)17-11(2)12(18)16-15(13(17)19)9-6-7-10-15/h11H,5-10H2,1-4H3,(H,16,18). The minimum Gasteiger partial charge on any atom is -0.340 e. The lowest BCUT2D eigenvalue weighted by Gasteiger charge is -2.50. The molecule has 1 unspecified atom stereocenters.